The lowest BCUT2D eigenvalue weighted by molar-refractivity contribution is -0.120. The van der Waals surface area contributed by atoms with E-state index in [1.54, 1.807) is 6.07 Å². The third-order valence-electron chi connectivity index (χ3n) is 2.30. The zero-order valence-electron chi connectivity index (χ0n) is 9.99. The Morgan fingerprint density at radius 2 is 2.12 bits per heavy atom. The molecule has 2 amide bonds. The lowest BCUT2D eigenvalue weighted by atomic mass is 10.2. The molecule has 5 heteroatoms. The van der Waals surface area contributed by atoms with E-state index < -0.39 is 0 Å². The summed E-state index contributed by atoms with van der Waals surface area (Å²) < 4.78 is 4.77. The predicted molar refractivity (Wildman–Crippen MR) is 63.6 cm³/mol. The Bertz CT molecular complexity index is 347. The van der Waals surface area contributed by atoms with Crippen LogP contribution in [0.2, 0.25) is 0 Å². The van der Waals surface area contributed by atoms with E-state index in [-0.39, 0.29) is 18.4 Å². The minimum atomic E-state index is -0.303. The highest BCUT2D eigenvalue weighted by Crippen LogP contribution is 1.98. The van der Waals surface area contributed by atoms with Gasteiger partial charge in [0.2, 0.25) is 5.91 Å². The quantitative estimate of drug-likeness (QED) is 0.704. The largest absolute Gasteiger partial charge is 0.472 e. The summed E-state index contributed by atoms with van der Waals surface area (Å²) in [5.41, 5.74) is 0.420. The van der Waals surface area contributed by atoms with E-state index in [0.29, 0.717) is 12.1 Å². The third-order valence-corrected chi connectivity index (χ3v) is 2.30. The third kappa shape index (κ3) is 5.19. The van der Waals surface area contributed by atoms with Crippen molar-refractivity contribution in [3.05, 3.63) is 24.2 Å². The Morgan fingerprint density at radius 3 is 2.76 bits per heavy atom. The summed E-state index contributed by atoms with van der Waals surface area (Å²) in [5.74, 6) is -0.472. The molecular formula is C12H18N2O3. The van der Waals surface area contributed by atoms with Gasteiger partial charge in [-0.05, 0) is 12.5 Å². The molecule has 1 heterocycles. The summed E-state index contributed by atoms with van der Waals surface area (Å²) in [7, 11) is 0. The van der Waals surface area contributed by atoms with Crippen molar-refractivity contribution in [2.75, 3.05) is 13.1 Å². The molecule has 0 aromatic carbocycles. The van der Waals surface area contributed by atoms with E-state index in [9.17, 15) is 9.59 Å². The average Bonchev–Trinajstić information content (AvgIpc) is 2.85. The highest BCUT2D eigenvalue weighted by molar-refractivity contribution is 5.96. The van der Waals surface area contributed by atoms with Crippen LogP contribution in [0.25, 0.3) is 0 Å². The minimum absolute atomic E-state index is 0.00383. The van der Waals surface area contributed by atoms with Gasteiger partial charge in [-0.15, -0.1) is 0 Å². The average molecular weight is 238 g/mol. The smallest absolute Gasteiger partial charge is 0.254 e. The van der Waals surface area contributed by atoms with Gasteiger partial charge < -0.3 is 15.1 Å². The maximum absolute atomic E-state index is 11.4. The fourth-order valence-electron chi connectivity index (χ4n) is 1.32. The maximum atomic E-state index is 11.4. The Labute approximate surface area is 101 Å². The predicted octanol–water partition coefficient (Wildman–Crippen LogP) is 1.32. The van der Waals surface area contributed by atoms with Gasteiger partial charge in [0, 0.05) is 6.54 Å². The maximum Gasteiger partial charge on any atom is 0.254 e. The van der Waals surface area contributed by atoms with Crippen LogP contribution >= 0.6 is 0 Å². The van der Waals surface area contributed by atoms with Crippen molar-refractivity contribution in [2.24, 2.45) is 0 Å². The molecule has 1 aromatic heterocycles. The number of rotatable bonds is 7. The van der Waals surface area contributed by atoms with E-state index in [4.69, 9.17) is 4.42 Å². The van der Waals surface area contributed by atoms with Crippen LogP contribution in [0, 0.1) is 0 Å². The summed E-state index contributed by atoms with van der Waals surface area (Å²) >= 11 is 0. The van der Waals surface area contributed by atoms with Gasteiger partial charge in [-0.3, -0.25) is 9.59 Å². The topological polar surface area (TPSA) is 71.3 Å². The number of carbonyl (C=O) groups excluding carboxylic acids is 2. The highest BCUT2D eigenvalue weighted by Gasteiger charge is 2.08. The number of furan rings is 1. The molecule has 5 nitrogen and oxygen atoms in total. The van der Waals surface area contributed by atoms with Gasteiger partial charge in [0.15, 0.2) is 0 Å². The van der Waals surface area contributed by atoms with E-state index >= 15 is 0 Å². The highest BCUT2D eigenvalue weighted by atomic mass is 16.3. The fraction of sp³-hybridized carbons (Fsp3) is 0.500. The number of carbonyl (C=O) groups is 2. The van der Waals surface area contributed by atoms with Crippen molar-refractivity contribution in [3.8, 4) is 0 Å². The molecule has 0 bridgehead atoms. The van der Waals surface area contributed by atoms with Crippen LogP contribution in [0.4, 0.5) is 0 Å². The van der Waals surface area contributed by atoms with Crippen LogP contribution < -0.4 is 10.6 Å². The van der Waals surface area contributed by atoms with Gasteiger partial charge >= 0.3 is 0 Å². The van der Waals surface area contributed by atoms with E-state index in [1.165, 1.54) is 12.5 Å². The summed E-state index contributed by atoms with van der Waals surface area (Å²) in [6.45, 7) is 2.76. The Hall–Kier alpha value is -1.78. The molecule has 0 radical (unpaired) electrons. The van der Waals surface area contributed by atoms with Crippen molar-refractivity contribution < 1.29 is 14.0 Å². The van der Waals surface area contributed by atoms with Gasteiger partial charge in [-0.25, -0.2) is 0 Å². The number of unbranched alkanes of at least 4 members (excludes halogenated alkanes) is 2. The standard InChI is InChI=1S/C12H18N2O3/c1-2-3-4-6-13-11(15)8-14-12(16)10-5-7-17-9-10/h5,7,9H,2-4,6,8H2,1H3,(H,13,15)(H,14,16). The Morgan fingerprint density at radius 1 is 1.29 bits per heavy atom. The van der Waals surface area contributed by atoms with Crippen LogP contribution in [-0.2, 0) is 4.79 Å². The summed E-state index contributed by atoms with van der Waals surface area (Å²) in [5, 5.41) is 5.26. The normalized spacial score (nSPS) is 9.94. The minimum Gasteiger partial charge on any atom is -0.472 e. The van der Waals surface area contributed by atoms with Gasteiger partial charge in [0.05, 0.1) is 18.4 Å². The summed E-state index contributed by atoms with van der Waals surface area (Å²) in [4.78, 5) is 22.8. The molecule has 94 valence electrons. The molecule has 17 heavy (non-hydrogen) atoms. The first-order chi connectivity index (χ1) is 8.24. The molecule has 0 atom stereocenters. The molecule has 0 unspecified atom stereocenters. The van der Waals surface area contributed by atoms with Crippen molar-refractivity contribution in [1.82, 2.24) is 10.6 Å². The van der Waals surface area contributed by atoms with Crippen molar-refractivity contribution in [1.29, 1.82) is 0 Å². The molecular weight excluding hydrogens is 220 g/mol. The van der Waals surface area contributed by atoms with Crippen LogP contribution in [-0.4, -0.2) is 24.9 Å². The van der Waals surface area contributed by atoms with Gasteiger partial charge in [0.25, 0.3) is 5.91 Å². The van der Waals surface area contributed by atoms with Crippen molar-refractivity contribution in [3.63, 3.8) is 0 Å². The van der Waals surface area contributed by atoms with Gasteiger partial charge in [0.1, 0.15) is 6.26 Å². The zero-order valence-corrected chi connectivity index (χ0v) is 9.99. The number of amides is 2. The molecule has 0 aliphatic rings. The zero-order chi connectivity index (χ0) is 12.5. The first-order valence-electron chi connectivity index (χ1n) is 5.81. The first kappa shape index (κ1) is 13.3. The van der Waals surface area contributed by atoms with Crippen LogP contribution in [0.15, 0.2) is 23.0 Å². The van der Waals surface area contributed by atoms with Crippen molar-refractivity contribution >= 4 is 11.8 Å². The number of hydrogen-bond donors (Lipinski definition) is 2. The van der Waals surface area contributed by atoms with Gasteiger partial charge in [-0.2, -0.15) is 0 Å². The second-order valence-electron chi connectivity index (χ2n) is 3.75. The van der Waals surface area contributed by atoms with Gasteiger partial charge in [-0.1, -0.05) is 19.8 Å². The molecule has 0 saturated heterocycles. The first-order valence-corrected chi connectivity index (χ1v) is 5.81. The lowest BCUT2D eigenvalue weighted by Crippen LogP contribution is -2.37. The van der Waals surface area contributed by atoms with Crippen LogP contribution in [0.5, 0.6) is 0 Å². The molecule has 1 rings (SSSR count). The monoisotopic (exact) mass is 238 g/mol. The second kappa shape index (κ2) is 7.49. The number of nitrogens with one attached hydrogen (secondary N) is 2. The molecule has 2 N–H and O–H groups in total. The van der Waals surface area contributed by atoms with E-state index in [0.717, 1.165) is 19.3 Å². The molecule has 0 spiro atoms. The second-order valence-corrected chi connectivity index (χ2v) is 3.75. The summed E-state index contributed by atoms with van der Waals surface area (Å²) in [6, 6.07) is 1.55. The summed E-state index contributed by atoms with van der Waals surface area (Å²) in [6.07, 6.45) is 5.95. The lowest BCUT2D eigenvalue weighted by Gasteiger charge is -2.05. The van der Waals surface area contributed by atoms with Crippen LogP contribution in [0.3, 0.4) is 0 Å². The Balaban J connectivity index is 2.13. The molecule has 0 saturated carbocycles. The van der Waals surface area contributed by atoms with Crippen LogP contribution in [0.1, 0.15) is 36.5 Å². The van der Waals surface area contributed by atoms with E-state index in [1.807, 2.05) is 0 Å². The number of hydrogen-bond acceptors (Lipinski definition) is 3. The molecule has 0 aliphatic carbocycles. The van der Waals surface area contributed by atoms with Crippen molar-refractivity contribution in [2.45, 2.75) is 26.2 Å². The Kier molecular flexibility index (Phi) is 5.85. The van der Waals surface area contributed by atoms with E-state index in [2.05, 4.69) is 17.6 Å². The fourth-order valence-corrected chi connectivity index (χ4v) is 1.32. The SMILES string of the molecule is CCCCCNC(=O)CNC(=O)c1ccoc1. The molecule has 0 fully saturated rings. The molecule has 1 aromatic rings. The molecule has 0 aliphatic heterocycles.